The van der Waals surface area contributed by atoms with Gasteiger partial charge in [-0.1, -0.05) is 6.92 Å². The second-order valence-corrected chi connectivity index (χ2v) is 2.48. The number of hydrogen-bond acceptors (Lipinski definition) is 3. The Morgan fingerprint density at radius 1 is 1.56 bits per heavy atom. The third-order valence-corrected chi connectivity index (χ3v) is 1.84. The molecular weight excluding hydrogens is 118 g/mol. The first-order valence-corrected chi connectivity index (χ1v) is 3.35. The smallest absolute Gasteiger partial charge is 0.0963 e. The molecule has 0 aromatic rings. The highest BCUT2D eigenvalue weighted by Gasteiger charge is 2.30. The van der Waals surface area contributed by atoms with Crippen LogP contribution in [0.4, 0.5) is 0 Å². The van der Waals surface area contributed by atoms with Crippen molar-refractivity contribution >= 4 is 0 Å². The summed E-state index contributed by atoms with van der Waals surface area (Å²) < 4.78 is 0. The van der Waals surface area contributed by atoms with Crippen molar-refractivity contribution in [1.82, 2.24) is 5.32 Å². The molecule has 0 bridgehead atoms. The van der Waals surface area contributed by atoms with Gasteiger partial charge in [0.2, 0.25) is 0 Å². The van der Waals surface area contributed by atoms with Gasteiger partial charge in [0.25, 0.3) is 0 Å². The van der Waals surface area contributed by atoms with E-state index in [9.17, 15) is 0 Å². The number of hydrogen-bond donors (Lipinski definition) is 3. The van der Waals surface area contributed by atoms with E-state index in [1.165, 1.54) is 0 Å². The van der Waals surface area contributed by atoms with Gasteiger partial charge in [-0.25, -0.2) is 0 Å². The molecular formula is C6H13NO2. The number of aliphatic hydroxyl groups excluding tert-OH is 2. The van der Waals surface area contributed by atoms with E-state index >= 15 is 0 Å². The Morgan fingerprint density at radius 2 is 2.22 bits per heavy atom. The van der Waals surface area contributed by atoms with Crippen LogP contribution in [0.5, 0.6) is 0 Å². The van der Waals surface area contributed by atoms with Crippen LogP contribution in [0.25, 0.3) is 0 Å². The number of nitrogens with one attached hydrogen (secondary N) is 1. The molecule has 0 radical (unpaired) electrons. The summed E-state index contributed by atoms with van der Waals surface area (Å²) in [5, 5.41) is 21.1. The molecule has 3 atom stereocenters. The van der Waals surface area contributed by atoms with Crippen LogP contribution in [0, 0.1) is 0 Å². The molecule has 1 aliphatic heterocycles. The monoisotopic (exact) mass is 131 g/mol. The summed E-state index contributed by atoms with van der Waals surface area (Å²) in [7, 11) is 0. The van der Waals surface area contributed by atoms with Crippen molar-refractivity contribution in [2.45, 2.75) is 31.6 Å². The third-order valence-electron chi connectivity index (χ3n) is 1.84. The lowest BCUT2D eigenvalue weighted by Gasteiger charge is -2.12. The minimum Gasteiger partial charge on any atom is -0.389 e. The molecule has 0 aromatic heterocycles. The Hall–Kier alpha value is -0.120. The number of β-amino-alcohol motifs (C(OH)–C–C–N with tert-alkyl or cyclic N) is 1. The highest BCUT2D eigenvalue weighted by atomic mass is 16.3. The van der Waals surface area contributed by atoms with E-state index in [2.05, 4.69) is 5.32 Å². The summed E-state index contributed by atoms with van der Waals surface area (Å²) in [6.07, 6.45) is -0.247. The average molecular weight is 131 g/mol. The first kappa shape index (κ1) is 6.99. The van der Waals surface area contributed by atoms with Crippen LogP contribution >= 0.6 is 0 Å². The molecule has 9 heavy (non-hydrogen) atoms. The van der Waals surface area contributed by atoms with Gasteiger partial charge in [0.15, 0.2) is 0 Å². The Labute approximate surface area is 54.7 Å². The highest BCUT2D eigenvalue weighted by Crippen LogP contribution is 2.09. The van der Waals surface area contributed by atoms with E-state index in [0.29, 0.717) is 6.54 Å². The minimum absolute atomic E-state index is 0.0972. The standard InChI is InChI=1S/C6H13NO2/c1-2-4-6(9)5(8)3-7-4/h4-9H,2-3H2,1H3. The fourth-order valence-electron chi connectivity index (χ4n) is 1.17. The Bertz CT molecular complexity index is 97.1. The lowest BCUT2D eigenvalue weighted by molar-refractivity contribution is 0.0401. The molecule has 3 heteroatoms. The van der Waals surface area contributed by atoms with Gasteiger partial charge in [0.1, 0.15) is 0 Å². The molecule has 1 saturated heterocycles. The summed E-state index contributed by atoms with van der Waals surface area (Å²) in [6, 6.07) is 0.0972. The van der Waals surface area contributed by atoms with Crippen LogP contribution in [0.15, 0.2) is 0 Å². The molecule has 3 unspecified atom stereocenters. The average Bonchev–Trinajstić information content (AvgIpc) is 2.15. The molecule has 3 nitrogen and oxygen atoms in total. The molecule has 0 spiro atoms. The van der Waals surface area contributed by atoms with Crippen LogP contribution in [0.2, 0.25) is 0 Å². The largest absolute Gasteiger partial charge is 0.389 e. The van der Waals surface area contributed by atoms with Gasteiger partial charge in [0, 0.05) is 12.6 Å². The molecule has 1 aliphatic rings. The zero-order valence-electron chi connectivity index (χ0n) is 5.54. The Morgan fingerprint density at radius 3 is 2.44 bits per heavy atom. The van der Waals surface area contributed by atoms with Gasteiger partial charge in [-0.3, -0.25) is 0 Å². The van der Waals surface area contributed by atoms with Gasteiger partial charge in [-0.2, -0.15) is 0 Å². The molecule has 0 amide bonds. The van der Waals surface area contributed by atoms with Gasteiger partial charge < -0.3 is 15.5 Å². The van der Waals surface area contributed by atoms with Crippen LogP contribution < -0.4 is 5.32 Å². The van der Waals surface area contributed by atoms with Crippen molar-refractivity contribution in [3.63, 3.8) is 0 Å². The SMILES string of the molecule is CCC1NCC(O)C1O. The molecule has 1 fully saturated rings. The van der Waals surface area contributed by atoms with Gasteiger partial charge in [0.05, 0.1) is 12.2 Å². The highest BCUT2D eigenvalue weighted by molar-refractivity contribution is 4.89. The molecule has 3 N–H and O–H groups in total. The van der Waals surface area contributed by atoms with Crippen molar-refractivity contribution < 1.29 is 10.2 Å². The quantitative estimate of drug-likeness (QED) is 0.432. The summed E-state index contributed by atoms with van der Waals surface area (Å²) in [5.41, 5.74) is 0. The van der Waals surface area contributed by atoms with Gasteiger partial charge in [-0.05, 0) is 6.42 Å². The van der Waals surface area contributed by atoms with Crippen molar-refractivity contribution in [2.24, 2.45) is 0 Å². The maximum Gasteiger partial charge on any atom is 0.0963 e. The van der Waals surface area contributed by atoms with E-state index in [0.717, 1.165) is 6.42 Å². The second kappa shape index (κ2) is 2.64. The van der Waals surface area contributed by atoms with E-state index in [-0.39, 0.29) is 6.04 Å². The van der Waals surface area contributed by atoms with Crippen molar-refractivity contribution in [3.05, 3.63) is 0 Å². The predicted molar refractivity (Wildman–Crippen MR) is 34.1 cm³/mol. The first-order chi connectivity index (χ1) is 4.25. The summed E-state index contributed by atoms with van der Waals surface area (Å²) in [5.74, 6) is 0. The first-order valence-electron chi connectivity index (χ1n) is 3.35. The van der Waals surface area contributed by atoms with Crippen molar-refractivity contribution in [3.8, 4) is 0 Å². The lowest BCUT2D eigenvalue weighted by Crippen LogP contribution is -2.31. The van der Waals surface area contributed by atoms with Crippen LogP contribution in [0.3, 0.4) is 0 Å². The summed E-state index contributed by atoms with van der Waals surface area (Å²) in [4.78, 5) is 0. The lowest BCUT2D eigenvalue weighted by atomic mass is 10.1. The fraction of sp³-hybridized carbons (Fsp3) is 1.00. The summed E-state index contributed by atoms with van der Waals surface area (Å²) in [6.45, 7) is 2.51. The molecule has 0 saturated carbocycles. The van der Waals surface area contributed by atoms with Crippen LogP contribution in [-0.2, 0) is 0 Å². The molecule has 1 heterocycles. The van der Waals surface area contributed by atoms with E-state index in [4.69, 9.17) is 10.2 Å². The number of aliphatic hydroxyl groups is 2. The second-order valence-electron chi connectivity index (χ2n) is 2.48. The molecule has 54 valence electrons. The van der Waals surface area contributed by atoms with Crippen LogP contribution in [-0.4, -0.2) is 35.0 Å². The zero-order chi connectivity index (χ0) is 6.85. The normalized spacial score (nSPS) is 43.7. The molecule has 0 aromatic carbocycles. The van der Waals surface area contributed by atoms with E-state index < -0.39 is 12.2 Å². The zero-order valence-corrected chi connectivity index (χ0v) is 5.54. The van der Waals surface area contributed by atoms with E-state index in [1.807, 2.05) is 6.92 Å². The van der Waals surface area contributed by atoms with Gasteiger partial charge in [-0.15, -0.1) is 0 Å². The fourth-order valence-corrected chi connectivity index (χ4v) is 1.17. The number of rotatable bonds is 1. The minimum atomic E-state index is -0.560. The van der Waals surface area contributed by atoms with Crippen LogP contribution in [0.1, 0.15) is 13.3 Å². The maximum absolute atomic E-state index is 9.14. The van der Waals surface area contributed by atoms with Gasteiger partial charge >= 0.3 is 0 Å². The van der Waals surface area contributed by atoms with Crippen molar-refractivity contribution in [1.29, 1.82) is 0 Å². The Balaban J connectivity index is 2.41. The predicted octanol–water partition coefficient (Wildman–Crippen LogP) is -0.910. The molecule has 1 rings (SSSR count). The van der Waals surface area contributed by atoms with Crippen molar-refractivity contribution in [2.75, 3.05) is 6.54 Å². The Kier molecular flexibility index (Phi) is 2.05. The molecule has 0 aliphatic carbocycles. The third kappa shape index (κ3) is 1.23. The topological polar surface area (TPSA) is 52.5 Å². The maximum atomic E-state index is 9.14. The van der Waals surface area contributed by atoms with E-state index in [1.54, 1.807) is 0 Å². The summed E-state index contributed by atoms with van der Waals surface area (Å²) >= 11 is 0.